The second-order valence-electron chi connectivity index (χ2n) is 2.38. The van der Waals surface area contributed by atoms with Crippen LogP contribution < -0.4 is 0 Å². The molecule has 2 fully saturated rings. The average molecular weight is 591 g/mol. The summed E-state index contributed by atoms with van der Waals surface area (Å²) in [6, 6.07) is 0. The fraction of sp³-hybridized carbons (Fsp3) is 0. The summed E-state index contributed by atoms with van der Waals surface area (Å²) in [5.41, 5.74) is 0. The Morgan fingerprint density at radius 2 is 0.826 bits per heavy atom. The van der Waals surface area contributed by atoms with E-state index in [1.165, 1.54) is 0 Å². The minimum absolute atomic E-state index is 0. The molecule has 0 aromatic carbocycles. The molecule has 0 bridgehead atoms. The van der Waals surface area contributed by atoms with Crippen molar-refractivity contribution in [2.24, 2.45) is 0 Å². The molecule has 0 aliphatic carbocycles. The van der Waals surface area contributed by atoms with Crippen molar-refractivity contribution in [3.8, 4) is 0 Å². The fourth-order valence-corrected chi connectivity index (χ4v) is 15.5. The van der Waals surface area contributed by atoms with Crippen molar-refractivity contribution in [1.82, 2.24) is 0 Å². The first-order valence-corrected chi connectivity index (χ1v) is 14.6. The average Bonchev–Trinajstić information content (AvgIpc) is 1.94. The number of hydrogen-bond donors (Lipinski definition) is 0. The molecule has 2 saturated heterocycles. The van der Waals surface area contributed by atoms with Crippen molar-refractivity contribution >= 4 is 70.4 Å². The summed E-state index contributed by atoms with van der Waals surface area (Å²) in [5.74, 6) is 0. The van der Waals surface area contributed by atoms with Crippen LogP contribution in [0.25, 0.3) is 0 Å². The van der Waals surface area contributed by atoms with Crippen molar-refractivity contribution in [2.45, 2.75) is 0 Å². The molecule has 0 aromatic rings. The summed E-state index contributed by atoms with van der Waals surface area (Å²) >= 11 is -21.8. The first-order chi connectivity index (χ1) is 7.57. The van der Waals surface area contributed by atoms with Crippen LogP contribution in [0.5, 0.6) is 0 Å². The normalized spacial score (nSPS) is 19.3. The minimum atomic E-state index is -5.46. The summed E-state index contributed by atoms with van der Waals surface area (Å²) in [7, 11) is 0. The molecule has 2 aliphatic rings. The predicted molar refractivity (Wildman–Crippen MR) is 61.1 cm³/mol. The Bertz CT molecular complexity index is 535. The van der Waals surface area contributed by atoms with Crippen LogP contribution in [-0.2, 0) is 40.2 Å². The van der Waals surface area contributed by atoms with Gasteiger partial charge in [0.15, 0.2) is 0 Å². The molecule has 2 aliphatic heterocycles. The second kappa shape index (κ2) is 11.5. The molecule has 2 heterocycles. The maximum atomic E-state index is 11.1. The van der Waals surface area contributed by atoms with E-state index in [0.717, 1.165) is 0 Å². The Morgan fingerprint density at radius 1 is 0.609 bits per heavy atom. The van der Waals surface area contributed by atoms with E-state index in [1.807, 2.05) is 0 Å². The van der Waals surface area contributed by atoms with Gasteiger partial charge in [0.25, 0.3) is 0 Å². The summed E-state index contributed by atoms with van der Waals surface area (Å²) in [4.78, 5) is 0. The van der Waals surface area contributed by atoms with Crippen LogP contribution in [0.2, 0.25) is 0 Å². The van der Waals surface area contributed by atoms with Gasteiger partial charge < -0.3 is 32.9 Å². The van der Waals surface area contributed by atoms with Crippen LogP contribution in [0, 0.1) is 0 Å². The molecule has 2 rings (SSSR count). The van der Waals surface area contributed by atoms with E-state index in [9.17, 15) is 23.0 Å². The van der Waals surface area contributed by atoms with E-state index >= 15 is 0 Å². The van der Waals surface area contributed by atoms with Crippen molar-refractivity contribution in [3.63, 3.8) is 0 Å². The van der Waals surface area contributed by atoms with E-state index < -0.39 is 70.4 Å². The summed E-state index contributed by atoms with van der Waals surface area (Å²) in [6.45, 7) is 0. The molecule has 0 unspecified atom stereocenters. The summed E-state index contributed by atoms with van der Waals surface area (Å²) < 4.78 is 88.2. The van der Waals surface area contributed by atoms with Gasteiger partial charge in [-0.15, -0.1) is 0 Å². The molecule has 23 heteroatoms. The molecule has 23 heavy (non-hydrogen) atoms. The molecule has 18 nitrogen and oxygen atoms in total. The van der Waals surface area contributed by atoms with Crippen LogP contribution in [0.4, 0.5) is 0 Å². The topological polar surface area (TPSA) is 347 Å². The first-order valence-electron chi connectivity index (χ1n) is 3.41. The van der Waals surface area contributed by atoms with Crippen molar-refractivity contribution in [1.29, 1.82) is 0 Å². The standard InChI is InChI=1S/2Al.3H2O4Se.6H2O/c;;3*1-5(2,3)4;;;;;;/h;;3*(H2,1,2,3,4);6*1H2/q2*+3;;;;;;;;;/p-6. The molecule has 0 spiro atoms. The third-order valence-corrected chi connectivity index (χ3v) is 18.4. The Balaban J connectivity index is -0.000000180. The molecule has 12 N–H and O–H groups in total. The molecule has 0 radical (unpaired) electrons. The monoisotopic (exact) mass is 594 g/mol. The van der Waals surface area contributed by atoms with Gasteiger partial charge in [0.1, 0.15) is 0 Å². The van der Waals surface area contributed by atoms with E-state index in [4.69, 9.17) is 0 Å². The molecule has 0 amide bonds. The summed E-state index contributed by atoms with van der Waals surface area (Å²) in [5, 5.41) is 0. The van der Waals surface area contributed by atoms with Crippen molar-refractivity contribution < 1.29 is 73.1 Å². The van der Waals surface area contributed by atoms with Gasteiger partial charge in [0.2, 0.25) is 0 Å². The Morgan fingerprint density at radius 3 is 1.00 bits per heavy atom. The van der Waals surface area contributed by atoms with Crippen LogP contribution in [0.15, 0.2) is 0 Å². The van der Waals surface area contributed by atoms with Crippen molar-refractivity contribution in [2.75, 3.05) is 0 Å². The van der Waals surface area contributed by atoms with Gasteiger partial charge in [0.05, 0.1) is 0 Å². The Hall–Kier alpha value is 0.943. The van der Waals surface area contributed by atoms with E-state index in [0.29, 0.717) is 0 Å². The zero-order valence-electron chi connectivity index (χ0n) is 10.3. The Labute approximate surface area is 143 Å². The molecular weight excluding hydrogens is 579 g/mol. The maximum absolute atomic E-state index is 11.1. The second-order valence-corrected chi connectivity index (χ2v) is 17.1. The van der Waals surface area contributed by atoms with Gasteiger partial charge in [-0.25, -0.2) is 0 Å². The van der Waals surface area contributed by atoms with Gasteiger partial charge in [-0.2, -0.15) is 0 Å². The first kappa shape index (κ1) is 35.1. The van der Waals surface area contributed by atoms with Crippen molar-refractivity contribution in [3.05, 3.63) is 0 Å². The van der Waals surface area contributed by atoms with Gasteiger partial charge in [-0.1, -0.05) is 0 Å². The molecular formula is H12Al2O18Se3. The quantitative estimate of drug-likeness (QED) is 0.275. The van der Waals surface area contributed by atoms with Crippen LogP contribution in [0.1, 0.15) is 0 Å². The molecule has 0 aromatic heterocycles. The fourth-order valence-electron chi connectivity index (χ4n) is 0.679. The third kappa shape index (κ3) is 10.5. The Kier molecular flexibility index (Phi) is 17.6. The summed E-state index contributed by atoms with van der Waals surface area (Å²) in [6.07, 6.45) is 0. The van der Waals surface area contributed by atoms with E-state index in [1.54, 1.807) is 0 Å². The van der Waals surface area contributed by atoms with E-state index in [2.05, 4.69) is 17.2 Å². The van der Waals surface area contributed by atoms with Crippen LogP contribution in [-0.4, -0.2) is 103 Å². The van der Waals surface area contributed by atoms with Gasteiger partial charge >= 0.3 is 111 Å². The third-order valence-electron chi connectivity index (χ3n) is 1.18. The van der Waals surface area contributed by atoms with E-state index in [-0.39, 0.29) is 32.9 Å². The number of rotatable bonds is 4. The predicted octanol–water partition coefficient (Wildman–Crippen LogP) is -7.98. The van der Waals surface area contributed by atoms with Gasteiger partial charge in [-0.05, 0) is 0 Å². The number of hydrogen-bond acceptors (Lipinski definition) is 12. The van der Waals surface area contributed by atoms with Gasteiger partial charge in [-0.3, -0.25) is 0 Å². The van der Waals surface area contributed by atoms with Gasteiger partial charge in [0, 0.05) is 0 Å². The molecule has 0 atom stereocenters. The SMILES string of the molecule is O.O.O.O.O.O.O=[Se]1(=O)[O][Al]([O][Se](=O)(=O)[O][Al]2[O][Se](=O)(=O)[O]2)[O]1. The molecule has 144 valence electrons. The van der Waals surface area contributed by atoms with Crippen LogP contribution in [0.3, 0.4) is 0 Å². The zero-order chi connectivity index (χ0) is 12.9. The zero-order valence-corrected chi connectivity index (χ0v) is 17.7. The molecule has 0 saturated carbocycles. The van der Waals surface area contributed by atoms with Crippen LogP contribution >= 0.6 is 0 Å².